The summed E-state index contributed by atoms with van der Waals surface area (Å²) < 4.78 is 5.07. The van der Waals surface area contributed by atoms with E-state index < -0.39 is 6.10 Å². The van der Waals surface area contributed by atoms with Crippen molar-refractivity contribution in [1.82, 2.24) is 0 Å². The third-order valence-electron chi connectivity index (χ3n) is 2.70. The molecule has 1 N–H and O–H groups in total. The van der Waals surface area contributed by atoms with Crippen LogP contribution in [0.2, 0.25) is 0 Å². The first-order chi connectivity index (χ1) is 5.57. The molecule has 4 atom stereocenters. The average Bonchev–Trinajstić information content (AvgIpc) is 2.01. The van der Waals surface area contributed by atoms with E-state index in [9.17, 15) is 9.90 Å². The van der Waals surface area contributed by atoms with E-state index in [1.54, 1.807) is 6.92 Å². The summed E-state index contributed by atoms with van der Waals surface area (Å²) in [4.78, 5) is 11.1. The average molecular weight is 172 g/mol. The van der Waals surface area contributed by atoms with Gasteiger partial charge in [0.25, 0.3) is 0 Å². The van der Waals surface area contributed by atoms with Gasteiger partial charge in [0.15, 0.2) is 0 Å². The van der Waals surface area contributed by atoms with Gasteiger partial charge in [-0.3, -0.25) is 4.79 Å². The Morgan fingerprint density at radius 3 is 2.58 bits per heavy atom. The van der Waals surface area contributed by atoms with E-state index in [0.29, 0.717) is 0 Å². The Labute approximate surface area is 72.7 Å². The molecule has 0 aromatic rings. The lowest BCUT2D eigenvalue weighted by Crippen LogP contribution is -2.46. The second-order valence-corrected chi connectivity index (χ2v) is 3.49. The Balaban J connectivity index is 2.72. The standard InChI is InChI=1S/C9H16O3/c1-4-7-6(3)12-9(11)5(2)8(7)10/h5-8,10H,4H2,1-3H3/t5-,6-,7+,8-/m1/s1. The molecule has 1 heterocycles. The quantitative estimate of drug-likeness (QED) is 0.599. The van der Waals surface area contributed by atoms with Crippen molar-refractivity contribution in [1.29, 1.82) is 0 Å². The van der Waals surface area contributed by atoms with Crippen molar-refractivity contribution in [3.8, 4) is 0 Å². The molecule has 0 aromatic carbocycles. The van der Waals surface area contributed by atoms with Crippen LogP contribution in [-0.4, -0.2) is 23.3 Å². The number of hydrogen-bond donors (Lipinski definition) is 1. The zero-order valence-corrected chi connectivity index (χ0v) is 7.78. The van der Waals surface area contributed by atoms with Crippen LogP contribution < -0.4 is 0 Å². The van der Waals surface area contributed by atoms with Crippen LogP contribution in [0.5, 0.6) is 0 Å². The maximum absolute atomic E-state index is 11.1. The summed E-state index contributed by atoms with van der Waals surface area (Å²) >= 11 is 0. The van der Waals surface area contributed by atoms with Crippen molar-refractivity contribution in [2.45, 2.75) is 39.4 Å². The third kappa shape index (κ3) is 1.46. The first-order valence-corrected chi connectivity index (χ1v) is 4.46. The molecule has 0 aliphatic carbocycles. The highest BCUT2D eigenvalue weighted by atomic mass is 16.5. The van der Waals surface area contributed by atoms with Gasteiger partial charge in [-0.25, -0.2) is 0 Å². The molecule has 1 aliphatic heterocycles. The minimum Gasteiger partial charge on any atom is -0.462 e. The maximum atomic E-state index is 11.1. The van der Waals surface area contributed by atoms with Gasteiger partial charge in [0, 0.05) is 5.92 Å². The normalized spacial score (nSPS) is 42.5. The molecule has 0 spiro atoms. The molecule has 3 nitrogen and oxygen atoms in total. The van der Waals surface area contributed by atoms with E-state index in [-0.39, 0.29) is 23.9 Å². The first-order valence-electron chi connectivity index (χ1n) is 4.46. The van der Waals surface area contributed by atoms with Gasteiger partial charge in [0.1, 0.15) is 6.10 Å². The lowest BCUT2D eigenvalue weighted by Gasteiger charge is -2.35. The second kappa shape index (κ2) is 3.44. The number of carbonyl (C=O) groups is 1. The summed E-state index contributed by atoms with van der Waals surface area (Å²) in [5.41, 5.74) is 0. The largest absolute Gasteiger partial charge is 0.462 e. The number of rotatable bonds is 1. The minimum absolute atomic E-state index is 0.0951. The van der Waals surface area contributed by atoms with E-state index >= 15 is 0 Å². The van der Waals surface area contributed by atoms with E-state index in [0.717, 1.165) is 6.42 Å². The molecule has 1 aliphatic rings. The number of hydrogen-bond acceptors (Lipinski definition) is 3. The van der Waals surface area contributed by atoms with Crippen molar-refractivity contribution in [3.05, 3.63) is 0 Å². The highest BCUT2D eigenvalue weighted by Crippen LogP contribution is 2.28. The lowest BCUT2D eigenvalue weighted by molar-refractivity contribution is -0.176. The van der Waals surface area contributed by atoms with Crippen molar-refractivity contribution < 1.29 is 14.6 Å². The number of aliphatic hydroxyl groups is 1. The Morgan fingerprint density at radius 2 is 2.08 bits per heavy atom. The summed E-state index contributed by atoms with van der Waals surface area (Å²) in [6.45, 7) is 5.54. The van der Waals surface area contributed by atoms with Gasteiger partial charge in [-0.05, 0) is 20.3 Å². The SMILES string of the molecule is CC[C@@H]1[C@H](O)[C@@H](C)C(=O)O[C@@H]1C. The van der Waals surface area contributed by atoms with Crippen LogP contribution in [-0.2, 0) is 9.53 Å². The van der Waals surface area contributed by atoms with Crippen LogP contribution >= 0.6 is 0 Å². The molecule has 0 saturated carbocycles. The minimum atomic E-state index is -0.536. The predicted octanol–water partition coefficient (Wildman–Crippen LogP) is 0.955. The topological polar surface area (TPSA) is 46.5 Å². The molecule has 0 unspecified atom stereocenters. The Kier molecular flexibility index (Phi) is 2.73. The first kappa shape index (κ1) is 9.52. The third-order valence-corrected chi connectivity index (χ3v) is 2.70. The fraction of sp³-hybridized carbons (Fsp3) is 0.889. The number of esters is 1. The fourth-order valence-electron chi connectivity index (χ4n) is 1.74. The maximum Gasteiger partial charge on any atom is 0.311 e. The van der Waals surface area contributed by atoms with E-state index in [1.165, 1.54) is 0 Å². The van der Waals surface area contributed by atoms with Crippen molar-refractivity contribution in [2.75, 3.05) is 0 Å². The molecule has 1 fully saturated rings. The molecule has 1 rings (SSSR count). The highest BCUT2D eigenvalue weighted by molar-refractivity contribution is 5.73. The van der Waals surface area contributed by atoms with E-state index in [4.69, 9.17) is 4.74 Å². The van der Waals surface area contributed by atoms with E-state index in [2.05, 4.69) is 0 Å². The van der Waals surface area contributed by atoms with Gasteiger partial charge in [0.2, 0.25) is 0 Å². The van der Waals surface area contributed by atoms with Gasteiger partial charge in [-0.1, -0.05) is 6.92 Å². The molecular weight excluding hydrogens is 156 g/mol. The smallest absolute Gasteiger partial charge is 0.311 e. The highest BCUT2D eigenvalue weighted by Gasteiger charge is 2.39. The van der Waals surface area contributed by atoms with Crippen LogP contribution in [0.1, 0.15) is 27.2 Å². The predicted molar refractivity (Wildman–Crippen MR) is 44.5 cm³/mol. The molecule has 1 saturated heterocycles. The van der Waals surface area contributed by atoms with E-state index in [1.807, 2.05) is 13.8 Å². The summed E-state index contributed by atoms with van der Waals surface area (Å²) in [5.74, 6) is -0.552. The van der Waals surface area contributed by atoms with Gasteiger partial charge in [0.05, 0.1) is 12.0 Å². The van der Waals surface area contributed by atoms with Gasteiger partial charge in [-0.15, -0.1) is 0 Å². The molecule has 70 valence electrons. The molecule has 0 radical (unpaired) electrons. The number of aliphatic hydroxyl groups excluding tert-OH is 1. The number of ether oxygens (including phenoxy) is 1. The second-order valence-electron chi connectivity index (χ2n) is 3.49. The monoisotopic (exact) mass is 172 g/mol. The Hall–Kier alpha value is -0.570. The fourth-order valence-corrected chi connectivity index (χ4v) is 1.74. The molecular formula is C9H16O3. The van der Waals surface area contributed by atoms with Gasteiger partial charge < -0.3 is 9.84 Å². The summed E-state index contributed by atoms with van der Waals surface area (Å²) in [6.07, 6.45) is 0.167. The van der Waals surface area contributed by atoms with Gasteiger partial charge in [-0.2, -0.15) is 0 Å². The van der Waals surface area contributed by atoms with Crippen molar-refractivity contribution in [3.63, 3.8) is 0 Å². The van der Waals surface area contributed by atoms with Crippen LogP contribution in [0, 0.1) is 11.8 Å². The molecule has 0 aromatic heterocycles. The zero-order valence-electron chi connectivity index (χ0n) is 7.78. The molecule has 0 amide bonds. The zero-order chi connectivity index (χ0) is 9.30. The summed E-state index contributed by atoms with van der Waals surface area (Å²) in [5, 5.41) is 9.68. The van der Waals surface area contributed by atoms with Crippen LogP contribution in [0.15, 0.2) is 0 Å². The lowest BCUT2D eigenvalue weighted by atomic mass is 9.84. The van der Waals surface area contributed by atoms with Crippen LogP contribution in [0.3, 0.4) is 0 Å². The number of cyclic esters (lactones) is 1. The van der Waals surface area contributed by atoms with Crippen LogP contribution in [0.4, 0.5) is 0 Å². The van der Waals surface area contributed by atoms with Crippen LogP contribution in [0.25, 0.3) is 0 Å². The molecule has 12 heavy (non-hydrogen) atoms. The Morgan fingerprint density at radius 1 is 1.50 bits per heavy atom. The molecule has 3 heteroatoms. The van der Waals surface area contributed by atoms with Gasteiger partial charge >= 0.3 is 5.97 Å². The summed E-state index contributed by atoms with van der Waals surface area (Å²) in [6, 6.07) is 0. The Bertz CT molecular complexity index is 179. The summed E-state index contributed by atoms with van der Waals surface area (Å²) in [7, 11) is 0. The van der Waals surface area contributed by atoms with Crippen molar-refractivity contribution in [2.24, 2.45) is 11.8 Å². The van der Waals surface area contributed by atoms with Crippen molar-refractivity contribution >= 4 is 5.97 Å². The number of carbonyl (C=O) groups excluding carboxylic acids is 1. The molecule has 0 bridgehead atoms.